The number of nitrogens with zero attached hydrogens (tertiary/aromatic N) is 1. The highest BCUT2D eigenvalue weighted by Crippen LogP contribution is 2.23. The molecule has 168 valence electrons. The van der Waals surface area contributed by atoms with E-state index < -0.39 is 10.0 Å². The molecule has 3 rings (SSSR count). The summed E-state index contributed by atoms with van der Waals surface area (Å²) in [6, 6.07) is 15.9. The Balaban J connectivity index is 1.54. The number of hydrogen-bond acceptors (Lipinski definition) is 6. The molecule has 0 aliphatic carbocycles. The first-order chi connectivity index (χ1) is 15.0. The van der Waals surface area contributed by atoms with Crippen molar-refractivity contribution in [2.24, 2.45) is 0 Å². The summed E-state index contributed by atoms with van der Waals surface area (Å²) in [6.07, 6.45) is 0.0600. The largest absolute Gasteiger partial charge is 0.497 e. The molecule has 1 amide bonds. The molecule has 9 heteroatoms. The van der Waals surface area contributed by atoms with Gasteiger partial charge in [-0.3, -0.25) is 9.69 Å². The van der Waals surface area contributed by atoms with E-state index >= 15 is 0 Å². The van der Waals surface area contributed by atoms with Crippen LogP contribution in [0.3, 0.4) is 0 Å². The predicted molar refractivity (Wildman–Crippen MR) is 117 cm³/mol. The van der Waals surface area contributed by atoms with Crippen LogP contribution in [0.15, 0.2) is 59.5 Å². The molecule has 2 aromatic carbocycles. The summed E-state index contributed by atoms with van der Waals surface area (Å²) in [6.45, 7) is 3.33. The van der Waals surface area contributed by atoms with Crippen LogP contribution in [0.2, 0.25) is 0 Å². The molecule has 31 heavy (non-hydrogen) atoms. The van der Waals surface area contributed by atoms with Gasteiger partial charge in [0.2, 0.25) is 15.9 Å². The number of amides is 1. The van der Waals surface area contributed by atoms with E-state index in [1.54, 1.807) is 25.3 Å². The molecular formula is C22H29N3O5S. The van der Waals surface area contributed by atoms with Crippen LogP contribution >= 0.6 is 0 Å². The van der Waals surface area contributed by atoms with Crippen LogP contribution < -0.4 is 14.8 Å². The van der Waals surface area contributed by atoms with Crippen molar-refractivity contribution in [1.29, 1.82) is 0 Å². The van der Waals surface area contributed by atoms with Crippen molar-refractivity contribution in [2.75, 3.05) is 46.5 Å². The number of hydrogen-bond donors (Lipinski definition) is 2. The second-order valence-electron chi connectivity index (χ2n) is 7.20. The van der Waals surface area contributed by atoms with Gasteiger partial charge < -0.3 is 14.8 Å². The van der Waals surface area contributed by atoms with E-state index in [0.29, 0.717) is 19.8 Å². The monoisotopic (exact) mass is 447 g/mol. The van der Waals surface area contributed by atoms with Gasteiger partial charge in [-0.25, -0.2) is 13.1 Å². The summed E-state index contributed by atoms with van der Waals surface area (Å²) in [7, 11) is -1.99. The third-order valence-corrected chi connectivity index (χ3v) is 6.65. The molecule has 0 bridgehead atoms. The van der Waals surface area contributed by atoms with Gasteiger partial charge in [0.25, 0.3) is 0 Å². The van der Waals surface area contributed by atoms with Crippen LogP contribution in [0.5, 0.6) is 5.75 Å². The van der Waals surface area contributed by atoms with E-state index in [2.05, 4.69) is 14.9 Å². The zero-order chi connectivity index (χ0) is 22.1. The molecule has 8 nitrogen and oxygen atoms in total. The maximum atomic E-state index is 12.4. The zero-order valence-electron chi connectivity index (χ0n) is 17.6. The molecule has 1 atom stereocenters. The fourth-order valence-corrected chi connectivity index (χ4v) is 4.51. The lowest BCUT2D eigenvalue weighted by atomic mass is 10.0. The van der Waals surface area contributed by atoms with Gasteiger partial charge in [-0.1, -0.05) is 30.3 Å². The lowest BCUT2D eigenvalue weighted by molar-refractivity contribution is -0.121. The molecule has 0 unspecified atom stereocenters. The van der Waals surface area contributed by atoms with Crippen LogP contribution in [-0.2, 0) is 19.6 Å². The minimum Gasteiger partial charge on any atom is -0.497 e. The molecule has 1 heterocycles. The van der Waals surface area contributed by atoms with Gasteiger partial charge in [0.15, 0.2) is 0 Å². The summed E-state index contributed by atoms with van der Waals surface area (Å²) >= 11 is 0. The standard InChI is InChI=1S/C22H29N3O5S/c1-29-19-9-7-18(8-10-19)21(25-13-15-30-16-14-25)17-23-22(26)11-12-24-31(27,28)20-5-3-2-4-6-20/h2-10,21,24H,11-17H2,1H3,(H,23,26)/t21-/m1/s1. The van der Waals surface area contributed by atoms with Gasteiger partial charge in [0.05, 0.1) is 31.3 Å². The third-order valence-electron chi connectivity index (χ3n) is 5.18. The molecule has 0 saturated carbocycles. The molecule has 2 N–H and O–H groups in total. The summed E-state index contributed by atoms with van der Waals surface area (Å²) in [5.74, 6) is 0.571. The van der Waals surface area contributed by atoms with Crippen molar-refractivity contribution in [2.45, 2.75) is 17.4 Å². The normalized spacial score (nSPS) is 15.9. The number of carbonyl (C=O) groups is 1. The van der Waals surface area contributed by atoms with E-state index in [9.17, 15) is 13.2 Å². The second kappa shape index (κ2) is 11.2. The van der Waals surface area contributed by atoms with Crippen molar-refractivity contribution in [3.05, 3.63) is 60.2 Å². The van der Waals surface area contributed by atoms with Gasteiger partial charge in [0.1, 0.15) is 5.75 Å². The summed E-state index contributed by atoms with van der Waals surface area (Å²) in [5.41, 5.74) is 1.08. The summed E-state index contributed by atoms with van der Waals surface area (Å²) in [4.78, 5) is 14.8. The van der Waals surface area contributed by atoms with Crippen LogP contribution in [0, 0.1) is 0 Å². The Hall–Kier alpha value is -2.46. The number of ether oxygens (including phenoxy) is 2. The summed E-state index contributed by atoms with van der Waals surface area (Å²) in [5, 5.41) is 2.95. The summed E-state index contributed by atoms with van der Waals surface area (Å²) < 4.78 is 37.7. The molecular weight excluding hydrogens is 418 g/mol. The van der Waals surface area contributed by atoms with E-state index in [0.717, 1.165) is 24.4 Å². The number of benzene rings is 2. The Kier molecular flexibility index (Phi) is 8.42. The van der Waals surface area contributed by atoms with Gasteiger partial charge in [-0.05, 0) is 29.8 Å². The SMILES string of the molecule is COc1ccc([C@@H](CNC(=O)CCNS(=O)(=O)c2ccccc2)N2CCOCC2)cc1. The van der Waals surface area contributed by atoms with Gasteiger partial charge in [-0.15, -0.1) is 0 Å². The topological polar surface area (TPSA) is 97.0 Å². The van der Waals surface area contributed by atoms with Gasteiger partial charge in [-0.2, -0.15) is 0 Å². The van der Waals surface area contributed by atoms with Crippen molar-refractivity contribution in [3.63, 3.8) is 0 Å². The smallest absolute Gasteiger partial charge is 0.240 e. The van der Waals surface area contributed by atoms with Crippen LogP contribution in [0.1, 0.15) is 18.0 Å². The number of morpholine rings is 1. The Morgan fingerprint density at radius 3 is 2.42 bits per heavy atom. The number of carbonyl (C=O) groups excluding carboxylic acids is 1. The van der Waals surface area contributed by atoms with Crippen LogP contribution in [-0.4, -0.2) is 65.7 Å². The number of sulfonamides is 1. The molecule has 1 aliphatic rings. The highest BCUT2D eigenvalue weighted by atomic mass is 32.2. The Morgan fingerprint density at radius 2 is 1.77 bits per heavy atom. The highest BCUT2D eigenvalue weighted by Gasteiger charge is 2.23. The molecule has 0 radical (unpaired) electrons. The number of nitrogens with one attached hydrogen (secondary N) is 2. The first kappa shape index (κ1) is 23.2. The molecule has 1 aliphatic heterocycles. The lowest BCUT2D eigenvalue weighted by Crippen LogP contribution is -2.44. The minimum atomic E-state index is -3.62. The van der Waals surface area contributed by atoms with E-state index in [4.69, 9.17) is 9.47 Å². The van der Waals surface area contributed by atoms with Gasteiger partial charge >= 0.3 is 0 Å². The van der Waals surface area contributed by atoms with Crippen molar-refractivity contribution in [1.82, 2.24) is 14.9 Å². The van der Waals surface area contributed by atoms with E-state index in [1.807, 2.05) is 24.3 Å². The molecule has 0 aromatic heterocycles. The third kappa shape index (κ3) is 6.76. The average Bonchev–Trinajstić information content (AvgIpc) is 2.81. The van der Waals surface area contributed by atoms with E-state index in [1.165, 1.54) is 12.1 Å². The Morgan fingerprint density at radius 1 is 1.10 bits per heavy atom. The Bertz CT molecular complexity index is 929. The first-order valence-corrected chi connectivity index (χ1v) is 11.7. The fourth-order valence-electron chi connectivity index (χ4n) is 3.45. The van der Waals surface area contributed by atoms with Crippen molar-refractivity contribution < 1.29 is 22.7 Å². The second-order valence-corrected chi connectivity index (χ2v) is 8.97. The predicted octanol–water partition coefficient (Wildman–Crippen LogP) is 1.55. The molecule has 2 aromatic rings. The van der Waals surface area contributed by atoms with Crippen LogP contribution in [0.4, 0.5) is 0 Å². The first-order valence-electron chi connectivity index (χ1n) is 10.3. The molecule has 0 spiro atoms. The van der Waals surface area contributed by atoms with Crippen molar-refractivity contribution in [3.8, 4) is 5.75 Å². The molecule has 1 saturated heterocycles. The fraction of sp³-hybridized carbons (Fsp3) is 0.409. The van der Waals surface area contributed by atoms with Crippen LogP contribution in [0.25, 0.3) is 0 Å². The maximum absolute atomic E-state index is 12.4. The lowest BCUT2D eigenvalue weighted by Gasteiger charge is -2.35. The highest BCUT2D eigenvalue weighted by molar-refractivity contribution is 7.89. The van der Waals surface area contributed by atoms with Crippen molar-refractivity contribution >= 4 is 15.9 Å². The number of rotatable bonds is 10. The van der Waals surface area contributed by atoms with Gasteiger partial charge in [0, 0.05) is 32.6 Å². The average molecular weight is 448 g/mol. The zero-order valence-corrected chi connectivity index (χ0v) is 18.4. The Labute approximate surface area is 183 Å². The minimum absolute atomic E-state index is 0.000216. The van der Waals surface area contributed by atoms with E-state index in [-0.39, 0.29) is 29.8 Å². The number of methoxy groups -OCH3 is 1. The maximum Gasteiger partial charge on any atom is 0.240 e. The molecule has 1 fully saturated rings. The quantitative estimate of drug-likeness (QED) is 0.574.